The van der Waals surface area contributed by atoms with Gasteiger partial charge in [0.2, 0.25) is 11.8 Å². The van der Waals surface area contributed by atoms with E-state index in [0.29, 0.717) is 22.3 Å². The van der Waals surface area contributed by atoms with Crippen molar-refractivity contribution in [2.24, 2.45) is 10.2 Å². The fraction of sp³-hybridized carbons (Fsp3) is 0.0909. The zero-order chi connectivity index (χ0) is 21.6. The maximum absolute atomic E-state index is 13.1. The number of amides is 2. The van der Waals surface area contributed by atoms with Crippen LogP contribution in [0.4, 0.5) is 11.4 Å². The van der Waals surface area contributed by atoms with Gasteiger partial charge in [-0.25, -0.2) is 0 Å². The number of para-hydroxylation sites is 1. The van der Waals surface area contributed by atoms with Crippen LogP contribution in [0.25, 0.3) is 0 Å². The number of phenolic OH excluding ortho intramolecular Hbond substituents is 1. The SMILES string of the molecule is O=C(CC1S/C(=N/N=C/c2ccco2)N(c2ccc(O)cc2)C1=O)Nc1ccccc1. The average molecular weight is 434 g/mol. The number of phenols is 1. The lowest BCUT2D eigenvalue weighted by molar-refractivity contribution is -0.121. The maximum Gasteiger partial charge on any atom is 0.247 e. The summed E-state index contributed by atoms with van der Waals surface area (Å²) in [5, 5.41) is 20.2. The Labute approximate surface area is 182 Å². The Morgan fingerprint density at radius 1 is 1.13 bits per heavy atom. The van der Waals surface area contributed by atoms with E-state index in [4.69, 9.17) is 4.42 Å². The molecule has 1 aromatic heterocycles. The van der Waals surface area contributed by atoms with E-state index >= 15 is 0 Å². The molecular weight excluding hydrogens is 416 g/mol. The highest BCUT2D eigenvalue weighted by Crippen LogP contribution is 2.34. The molecule has 0 aliphatic carbocycles. The number of nitrogens with one attached hydrogen (secondary N) is 1. The average Bonchev–Trinajstić information content (AvgIpc) is 3.38. The molecule has 2 N–H and O–H groups in total. The summed E-state index contributed by atoms with van der Waals surface area (Å²) in [6, 6.07) is 18.7. The number of benzene rings is 2. The Hall–Kier alpha value is -3.85. The molecule has 2 aromatic carbocycles. The van der Waals surface area contributed by atoms with Gasteiger partial charge in [0.25, 0.3) is 0 Å². The van der Waals surface area contributed by atoms with Crippen molar-refractivity contribution in [2.75, 3.05) is 10.2 Å². The van der Waals surface area contributed by atoms with Gasteiger partial charge in [0.15, 0.2) is 5.17 Å². The first kappa shape index (κ1) is 20.4. The molecule has 31 heavy (non-hydrogen) atoms. The van der Waals surface area contributed by atoms with E-state index in [1.807, 2.05) is 18.2 Å². The van der Waals surface area contributed by atoms with Crippen molar-refractivity contribution in [1.82, 2.24) is 0 Å². The number of thioether (sulfide) groups is 1. The summed E-state index contributed by atoms with van der Waals surface area (Å²) < 4.78 is 5.19. The highest BCUT2D eigenvalue weighted by molar-refractivity contribution is 8.16. The largest absolute Gasteiger partial charge is 0.508 e. The van der Waals surface area contributed by atoms with Crippen LogP contribution in [0.3, 0.4) is 0 Å². The van der Waals surface area contributed by atoms with Gasteiger partial charge in [-0.3, -0.25) is 14.5 Å². The van der Waals surface area contributed by atoms with Crippen LogP contribution < -0.4 is 10.2 Å². The number of hydrogen-bond acceptors (Lipinski definition) is 7. The second-order valence-corrected chi connectivity index (χ2v) is 7.73. The first-order valence-electron chi connectivity index (χ1n) is 9.39. The summed E-state index contributed by atoms with van der Waals surface area (Å²) in [5.74, 6) is 0.0405. The van der Waals surface area contributed by atoms with Crippen molar-refractivity contribution < 1.29 is 19.1 Å². The van der Waals surface area contributed by atoms with Gasteiger partial charge in [-0.1, -0.05) is 30.0 Å². The van der Waals surface area contributed by atoms with E-state index in [0.717, 1.165) is 11.8 Å². The van der Waals surface area contributed by atoms with E-state index < -0.39 is 5.25 Å². The van der Waals surface area contributed by atoms with Crippen molar-refractivity contribution in [3.8, 4) is 5.75 Å². The molecule has 1 atom stereocenters. The Morgan fingerprint density at radius 2 is 1.90 bits per heavy atom. The fourth-order valence-electron chi connectivity index (χ4n) is 2.91. The predicted octanol–water partition coefficient (Wildman–Crippen LogP) is 3.85. The Bertz CT molecular complexity index is 1110. The van der Waals surface area contributed by atoms with Crippen molar-refractivity contribution in [1.29, 1.82) is 0 Å². The minimum absolute atomic E-state index is 0.0199. The minimum Gasteiger partial charge on any atom is -0.508 e. The van der Waals surface area contributed by atoms with E-state index in [-0.39, 0.29) is 24.0 Å². The molecule has 2 amide bonds. The van der Waals surface area contributed by atoms with Gasteiger partial charge in [-0.05, 0) is 48.5 Å². The maximum atomic E-state index is 13.1. The number of amidine groups is 1. The molecule has 8 nitrogen and oxygen atoms in total. The molecule has 156 valence electrons. The van der Waals surface area contributed by atoms with Crippen LogP contribution in [0, 0.1) is 0 Å². The minimum atomic E-state index is -0.657. The molecule has 1 unspecified atom stereocenters. The van der Waals surface area contributed by atoms with Crippen molar-refractivity contribution in [3.05, 3.63) is 78.8 Å². The lowest BCUT2D eigenvalue weighted by Crippen LogP contribution is -2.33. The molecule has 2 heterocycles. The normalized spacial score (nSPS) is 17.5. The molecule has 0 radical (unpaired) electrons. The number of nitrogens with zero attached hydrogens (tertiary/aromatic N) is 3. The van der Waals surface area contributed by atoms with Crippen LogP contribution >= 0.6 is 11.8 Å². The van der Waals surface area contributed by atoms with Crippen LogP contribution in [0.1, 0.15) is 12.2 Å². The number of carbonyl (C=O) groups excluding carboxylic acids is 2. The molecular formula is C22H18N4O4S. The summed E-state index contributed by atoms with van der Waals surface area (Å²) in [6.07, 6.45) is 2.93. The summed E-state index contributed by atoms with van der Waals surface area (Å²) >= 11 is 1.16. The van der Waals surface area contributed by atoms with E-state index in [9.17, 15) is 14.7 Å². The van der Waals surface area contributed by atoms with Crippen LogP contribution in [-0.4, -0.2) is 33.6 Å². The quantitative estimate of drug-likeness (QED) is 0.453. The second kappa shape index (κ2) is 9.31. The molecule has 3 aromatic rings. The zero-order valence-electron chi connectivity index (χ0n) is 16.2. The Morgan fingerprint density at radius 3 is 2.61 bits per heavy atom. The van der Waals surface area contributed by atoms with Crippen LogP contribution in [0.15, 0.2) is 87.6 Å². The predicted molar refractivity (Wildman–Crippen MR) is 120 cm³/mol. The van der Waals surface area contributed by atoms with Crippen LogP contribution in [0.5, 0.6) is 5.75 Å². The number of hydrogen-bond donors (Lipinski definition) is 2. The van der Waals surface area contributed by atoms with Gasteiger partial charge < -0.3 is 14.8 Å². The Kier molecular flexibility index (Phi) is 6.13. The third-order valence-electron chi connectivity index (χ3n) is 4.34. The summed E-state index contributed by atoms with van der Waals surface area (Å²) in [5.41, 5.74) is 1.18. The van der Waals surface area contributed by atoms with Gasteiger partial charge in [0.1, 0.15) is 16.8 Å². The van der Waals surface area contributed by atoms with Gasteiger partial charge in [0, 0.05) is 12.1 Å². The lowest BCUT2D eigenvalue weighted by atomic mass is 10.2. The third-order valence-corrected chi connectivity index (χ3v) is 5.47. The number of carbonyl (C=O) groups is 2. The van der Waals surface area contributed by atoms with Crippen LogP contribution in [-0.2, 0) is 9.59 Å². The van der Waals surface area contributed by atoms with E-state index in [2.05, 4.69) is 15.5 Å². The molecule has 9 heteroatoms. The van der Waals surface area contributed by atoms with Crippen molar-refractivity contribution >= 4 is 46.3 Å². The third kappa shape index (κ3) is 5.01. The highest BCUT2D eigenvalue weighted by Gasteiger charge is 2.40. The molecule has 4 rings (SSSR count). The topological polar surface area (TPSA) is 108 Å². The fourth-order valence-corrected chi connectivity index (χ4v) is 4.00. The molecule has 1 saturated heterocycles. The molecule has 1 fully saturated rings. The molecule has 0 bridgehead atoms. The number of aromatic hydroxyl groups is 1. The standard InChI is InChI=1S/C22H18N4O4S/c27-17-10-8-16(9-11-17)26-21(29)19(13-20(28)24-15-5-2-1-3-6-15)31-22(26)25-23-14-18-7-4-12-30-18/h1-12,14,19,27H,13H2,(H,24,28)/b23-14+,25-22+. The summed E-state index contributed by atoms with van der Waals surface area (Å²) in [4.78, 5) is 27.0. The molecule has 0 saturated carbocycles. The van der Waals surface area contributed by atoms with Crippen LogP contribution in [0.2, 0.25) is 0 Å². The lowest BCUT2D eigenvalue weighted by Gasteiger charge is -2.15. The highest BCUT2D eigenvalue weighted by atomic mass is 32.2. The van der Waals surface area contributed by atoms with Gasteiger partial charge in [-0.2, -0.15) is 5.10 Å². The van der Waals surface area contributed by atoms with Crippen molar-refractivity contribution in [3.63, 3.8) is 0 Å². The molecule has 0 spiro atoms. The number of anilines is 2. The summed E-state index contributed by atoms with van der Waals surface area (Å²) in [7, 11) is 0. The Balaban J connectivity index is 1.54. The smallest absolute Gasteiger partial charge is 0.247 e. The van der Waals surface area contributed by atoms with E-state index in [1.165, 1.54) is 29.5 Å². The second-order valence-electron chi connectivity index (χ2n) is 6.56. The van der Waals surface area contributed by atoms with Gasteiger partial charge in [-0.15, -0.1) is 5.10 Å². The van der Waals surface area contributed by atoms with Gasteiger partial charge in [0.05, 0.1) is 18.2 Å². The number of furan rings is 1. The zero-order valence-corrected chi connectivity index (χ0v) is 17.0. The summed E-state index contributed by atoms with van der Waals surface area (Å²) in [6.45, 7) is 0. The van der Waals surface area contributed by atoms with E-state index in [1.54, 1.807) is 36.4 Å². The molecule has 1 aliphatic heterocycles. The van der Waals surface area contributed by atoms with Gasteiger partial charge >= 0.3 is 0 Å². The first-order valence-corrected chi connectivity index (χ1v) is 10.3. The number of rotatable bonds is 6. The monoisotopic (exact) mass is 434 g/mol. The molecule has 1 aliphatic rings. The first-order chi connectivity index (χ1) is 15.1. The van der Waals surface area contributed by atoms with Crippen molar-refractivity contribution in [2.45, 2.75) is 11.7 Å².